The number of benzene rings is 1. The third kappa shape index (κ3) is 5.49. The number of thioether (sulfide) groups is 1. The average Bonchev–Trinajstić information content (AvgIpc) is 2.94. The van der Waals surface area contributed by atoms with Crippen molar-refractivity contribution in [2.75, 3.05) is 18.1 Å². The highest BCUT2D eigenvalue weighted by atomic mass is 32.2. The number of rotatable bonds is 7. The van der Waals surface area contributed by atoms with Crippen LogP contribution in [0.5, 0.6) is 0 Å². The van der Waals surface area contributed by atoms with Crippen molar-refractivity contribution in [3.63, 3.8) is 0 Å². The lowest BCUT2D eigenvalue weighted by Gasteiger charge is -2.16. The summed E-state index contributed by atoms with van der Waals surface area (Å²) >= 11 is 1.30. The van der Waals surface area contributed by atoms with Crippen LogP contribution in [0, 0.1) is 0 Å². The molecule has 0 aliphatic rings. The van der Waals surface area contributed by atoms with Crippen LogP contribution in [0.25, 0.3) is 0 Å². The summed E-state index contributed by atoms with van der Waals surface area (Å²) in [7, 11) is 0. The molecule has 0 atom stereocenters. The maximum absolute atomic E-state index is 12.0. The second-order valence-electron chi connectivity index (χ2n) is 7.71. The number of amides is 1. The maximum Gasteiger partial charge on any atom is 0.230 e. The fourth-order valence-electron chi connectivity index (χ4n) is 2.48. The number of hydrogen-bond acceptors (Lipinski definition) is 5. The lowest BCUT2D eigenvalue weighted by molar-refractivity contribution is -0.118. The molecule has 1 heterocycles. The predicted molar refractivity (Wildman–Crippen MR) is 107 cm³/mol. The Kier molecular flexibility index (Phi) is 6.69. The van der Waals surface area contributed by atoms with Gasteiger partial charge in [-0.1, -0.05) is 70.6 Å². The molecule has 1 aromatic carbocycles. The maximum atomic E-state index is 12.0. The van der Waals surface area contributed by atoms with Crippen LogP contribution in [0.15, 0.2) is 29.4 Å². The van der Waals surface area contributed by atoms with E-state index >= 15 is 0 Å². The number of nitrogens with one attached hydrogen (secondary N) is 1. The minimum atomic E-state index is -0.187. The second-order valence-corrected chi connectivity index (χ2v) is 8.65. The van der Waals surface area contributed by atoms with Crippen molar-refractivity contribution in [2.45, 2.75) is 57.5 Å². The Hall–Kier alpha value is -2.02. The average molecular weight is 376 g/mol. The van der Waals surface area contributed by atoms with Gasteiger partial charge in [0.05, 0.1) is 5.75 Å². The van der Waals surface area contributed by atoms with E-state index in [9.17, 15) is 4.79 Å². The number of nitrogens with two attached hydrogens (primary N) is 1. The Labute approximate surface area is 159 Å². The van der Waals surface area contributed by atoms with Crippen LogP contribution >= 0.6 is 11.8 Å². The van der Waals surface area contributed by atoms with Crippen molar-refractivity contribution in [1.29, 1.82) is 0 Å². The molecule has 0 spiro atoms. The summed E-state index contributed by atoms with van der Waals surface area (Å²) < 4.78 is 1.47. The molecule has 142 valence electrons. The molecule has 0 fully saturated rings. The largest absolute Gasteiger partial charge is 0.355 e. The lowest BCUT2D eigenvalue weighted by Crippen LogP contribution is -2.28. The molecule has 0 radical (unpaired) electrons. The van der Waals surface area contributed by atoms with Gasteiger partial charge >= 0.3 is 0 Å². The zero-order chi connectivity index (χ0) is 19.3. The summed E-state index contributed by atoms with van der Waals surface area (Å²) in [5, 5.41) is 11.7. The summed E-state index contributed by atoms with van der Waals surface area (Å²) in [4.78, 5) is 12.0. The van der Waals surface area contributed by atoms with Gasteiger partial charge in [-0.3, -0.25) is 4.79 Å². The van der Waals surface area contributed by atoms with Gasteiger partial charge in [-0.05, 0) is 23.5 Å². The Bertz CT molecular complexity index is 731. The van der Waals surface area contributed by atoms with E-state index in [0.29, 0.717) is 23.4 Å². The minimum absolute atomic E-state index is 0.0332. The topological polar surface area (TPSA) is 85.8 Å². The fraction of sp³-hybridized carbons (Fsp3) is 0.526. The molecule has 3 N–H and O–H groups in total. The predicted octanol–water partition coefficient (Wildman–Crippen LogP) is 2.86. The summed E-state index contributed by atoms with van der Waals surface area (Å²) in [5.74, 6) is 7.49. The summed E-state index contributed by atoms with van der Waals surface area (Å²) in [6.45, 7) is 11.0. The Morgan fingerprint density at radius 2 is 1.88 bits per heavy atom. The molecule has 1 amide bonds. The Morgan fingerprint density at radius 3 is 2.42 bits per heavy atom. The van der Waals surface area contributed by atoms with Gasteiger partial charge in [0.2, 0.25) is 11.1 Å². The van der Waals surface area contributed by atoms with Gasteiger partial charge < -0.3 is 11.2 Å². The van der Waals surface area contributed by atoms with Crippen molar-refractivity contribution < 1.29 is 4.79 Å². The van der Waals surface area contributed by atoms with Crippen LogP contribution in [0.2, 0.25) is 0 Å². The Morgan fingerprint density at radius 1 is 1.23 bits per heavy atom. The summed E-state index contributed by atoms with van der Waals surface area (Å²) in [5.41, 5.74) is 2.36. The van der Waals surface area contributed by atoms with E-state index in [-0.39, 0.29) is 17.1 Å². The van der Waals surface area contributed by atoms with Gasteiger partial charge in [0, 0.05) is 12.0 Å². The first kappa shape index (κ1) is 20.3. The molecule has 0 unspecified atom stereocenters. The molecule has 2 aromatic rings. The van der Waals surface area contributed by atoms with Crippen molar-refractivity contribution in [2.24, 2.45) is 0 Å². The van der Waals surface area contributed by atoms with Gasteiger partial charge in [-0.25, -0.2) is 4.68 Å². The molecule has 0 saturated carbocycles. The van der Waals surface area contributed by atoms with Gasteiger partial charge in [-0.15, -0.1) is 10.2 Å². The standard InChI is InChI=1S/C19H29N5OS/c1-13(2)15-8-6-14(7-9-15)10-11-21-16(25)12-26-18-23-22-17(24(18)20)19(3,4)5/h6-9,13H,10-12,20H2,1-5H3,(H,21,25). The summed E-state index contributed by atoms with van der Waals surface area (Å²) in [6, 6.07) is 8.55. The molecular weight excluding hydrogens is 346 g/mol. The van der Waals surface area contributed by atoms with Gasteiger partial charge in [0.25, 0.3) is 0 Å². The van der Waals surface area contributed by atoms with Crippen molar-refractivity contribution in [3.05, 3.63) is 41.2 Å². The quantitative estimate of drug-likeness (QED) is 0.574. The summed E-state index contributed by atoms with van der Waals surface area (Å²) in [6.07, 6.45) is 0.816. The zero-order valence-electron chi connectivity index (χ0n) is 16.2. The van der Waals surface area contributed by atoms with Gasteiger partial charge in [0.15, 0.2) is 5.82 Å². The number of nitrogen functional groups attached to an aromatic ring is 1. The SMILES string of the molecule is CC(C)c1ccc(CCNC(=O)CSc2nnc(C(C)(C)C)n2N)cc1. The molecule has 0 aliphatic carbocycles. The monoisotopic (exact) mass is 375 g/mol. The van der Waals surface area contributed by atoms with E-state index in [1.807, 2.05) is 20.8 Å². The number of carbonyl (C=O) groups is 1. The number of nitrogens with zero attached hydrogens (tertiary/aromatic N) is 3. The van der Waals surface area contributed by atoms with Crippen molar-refractivity contribution in [3.8, 4) is 0 Å². The molecule has 26 heavy (non-hydrogen) atoms. The molecule has 1 aromatic heterocycles. The second kappa shape index (κ2) is 8.58. The zero-order valence-corrected chi connectivity index (χ0v) is 17.1. The minimum Gasteiger partial charge on any atom is -0.355 e. The van der Waals surface area contributed by atoms with E-state index in [2.05, 4.69) is 53.6 Å². The third-order valence-electron chi connectivity index (χ3n) is 4.05. The molecule has 0 aliphatic heterocycles. The molecule has 0 bridgehead atoms. The number of hydrogen-bond donors (Lipinski definition) is 2. The van der Waals surface area contributed by atoms with Gasteiger partial charge in [0.1, 0.15) is 0 Å². The normalized spacial score (nSPS) is 11.8. The molecule has 6 nitrogen and oxygen atoms in total. The van der Waals surface area contributed by atoms with Crippen LogP contribution in [-0.4, -0.2) is 33.1 Å². The number of aromatic nitrogens is 3. The van der Waals surface area contributed by atoms with Crippen LogP contribution < -0.4 is 11.2 Å². The number of carbonyl (C=O) groups excluding carboxylic acids is 1. The Balaban J connectivity index is 1.76. The lowest BCUT2D eigenvalue weighted by atomic mass is 9.96. The first-order valence-corrected chi connectivity index (χ1v) is 9.86. The van der Waals surface area contributed by atoms with E-state index in [0.717, 1.165) is 6.42 Å². The van der Waals surface area contributed by atoms with Crippen molar-refractivity contribution >= 4 is 17.7 Å². The van der Waals surface area contributed by atoms with Crippen LogP contribution in [0.1, 0.15) is 57.5 Å². The van der Waals surface area contributed by atoms with Gasteiger partial charge in [-0.2, -0.15) is 0 Å². The van der Waals surface area contributed by atoms with Crippen LogP contribution in [-0.2, 0) is 16.6 Å². The van der Waals surface area contributed by atoms with E-state index in [1.165, 1.54) is 27.6 Å². The smallest absolute Gasteiger partial charge is 0.230 e. The molecular formula is C19H29N5OS. The van der Waals surface area contributed by atoms with Crippen LogP contribution in [0.4, 0.5) is 0 Å². The van der Waals surface area contributed by atoms with E-state index in [1.54, 1.807) is 0 Å². The molecule has 0 saturated heterocycles. The third-order valence-corrected chi connectivity index (χ3v) is 4.99. The first-order chi connectivity index (χ1) is 12.2. The molecule has 2 rings (SSSR count). The highest BCUT2D eigenvalue weighted by molar-refractivity contribution is 7.99. The highest BCUT2D eigenvalue weighted by Gasteiger charge is 2.23. The van der Waals surface area contributed by atoms with E-state index in [4.69, 9.17) is 5.84 Å². The van der Waals surface area contributed by atoms with Crippen LogP contribution in [0.3, 0.4) is 0 Å². The first-order valence-electron chi connectivity index (χ1n) is 8.87. The van der Waals surface area contributed by atoms with Crippen molar-refractivity contribution in [1.82, 2.24) is 20.2 Å². The van der Waals surface area contributed by atoms with E-state index < -0.39 is 0 Å². The molecule has 7 heteroatoms. The fourth-order valence-corrected chi connectivity index (χ4v) is 3.17. The highest BCUT2D eigenvalue weighted by Crippen LogP contribution is 2.23.